The quantitative estimate of drug-likeness (QED) is 0.824. The van der Waals surface area contributed by atoms with Gasteiger partial charge in [-0.1, -0.05) is 0 Å². The molecule has 4 nitrogen and oxygen atoms in total. The summed E-state index contributed by atoms with van der Waals surface area (Å²) in [6.45, 7) is -2.18. The van der Waals surface area contributed by atoms with E-state index < -0.39 is 25.0 Å². The number of methoxy groups -OCH3 is 1. The Morgan fingerprint density at radius 1 is 1.69 bits per heavy atom. The first-order chi connectivity index (χ1) is 7.48. The third-order valence-corrected chi connectivity index (χ3v) is 2.68. The van der Waals surface area contributed by atoms with Crippen LogP contribution >= 0.6 is 11.3 Å². The number of rotatable bonds is 5. The maximum absolute atomic E-state index is 12.6. The van der Waals surface area contributed by atoms with Gasteiger partial charge in [-0.05, 0) is 0 Å². The number of amides is 1. The molecule has 0 bridgehead atoms. The number of halogens is 2. The average Bonchev–Trinajstić information content (AvgIpc) is 2.74. The highest BCUT2D eigenvalue weighted by Gasteiger charge is 2.28. The largest absolute Gasteiger partial charge is 0.496 e. The highest BCUT2D eigenvalue weighted by molar-refractivity contribution is 7.12. The number of carbonyl (C=O) groups is 1. The number of nitrogens with one attached hydrogen (secondary N) is 1. The van der Waals surface area contributed by atoms with Crippen molar-refractivity contribution < 1.29 is 23.4 Å². The number of ether oxygens (including phenoxy) is 1. The Labute approximate surface area is 94.8 Å². The van der Waals surface area contributed by atoms with Gasteiger partial charge in [0.2, 0.25) is 0 Å². The fraction of sp³-hybridized carbons (Fsp3) is 0.444. The van der Waals surface area contributed by atoms with Gasteiger partial charge in [-0.2, -0.15) is 0 Å². The molecule has 2 N–H and O–H groups in total. The Balaban J connectivity index is 2.53. The van der Waals surface area contributed by atoms with Crippen LogP contribution in [-0.2, 0) is 0 Å². The van der Waals surface area contributed by atoms with Crippen molar-refractivity contribution in [1.82, 2.24) is 5.32 Å². The number of hydrogen-bond donors (Lipinski definition) is 2. The van der Waals surface area contributed by atoms with E-state index in [1.54, 1.807) is 5.38 Å². The van der Waals surface area contributed by atoms with E-state index in [2.05, 4.69) is 0 Å². The maximum atomic E-state index is 12.6. The molecule has 0 spiro atoms. The fourth-order valence-corrected chi connectivity index (χ4v) is 1.67. The summed E-state index contributed by atoms with van der Waals surface area (Å²) in [6.07, 6.45) is 0. The molecule has 0 saturated heterocycles. The molecule has 1 rings (SSSR count). The van der Waals surface area contributed by atoms with Gasteiger partial charge in [0.15, 0.2) is 0 Å². The van der Waals surface area contributed by atoms with Crippen LogP contribution in [-0.4, -0.2) is 37.2 Å². The van der Waals surface area contributed by atoms with Crippen molar-refractivity contribution in [2.75, 3.05) is 20.3 Å². The normalized spacial score (nSPS) is 11.2. The minimum Gasteiger partial charge on any atom is -0.496 e. The highest BCUT2D eigenvalue weighted by atomic mass is 32.1. The molecule has 7 heteroatoms. The van der Waals surface area contributed by atoms with E-state index in [4.69, 9.17) is 9.84 Å². The average molecular weight is 251 g/mol. The van der Waals surface area contributed by atoms with Crippen LogP contribution in [0.2, 0.25) is 0 Å². The monoisotopic (exact) mass is 251 g/mol. The first-order valence-electron chi connectivity index (χ1n) is 4.38. The van der Waals surface area contributed by atoms with Crippen molar-refractivity contribution in [3.05, 3.63) is 16.3 Å². The van der Waals surface area contributed by atoms with Crippen LogP contribution in [0, 0.1) is 0 Å². The number of aliphatic hydroxyl groups excluding tert-OH is 1. The molecule has 0 fully saturated rings. The topological polar surface area (TPSA) is 58.6 Å². The number of thiophene rings is 1. The lowest BCUT2D eigenvalue weighted by Crippen LogP contribution is -2.38. The first-order valence-corrected chi connectivity index (χ1v) is 5.26. The van der Waals surface area contributed by atoms with Crippen molar-refractivity contribution >= 4 is 17.2 Å². The summed E-state index contributed by atoms with van der Waals surface area (Å²) in [7, 11) is 1.45. The standard InChI is InChI=1S/C9H11F2NO3S/c1-15-6-2-7(16-3-6)8(14)12-4-9(10,11)5-13/h2-3,13H,4-5H2,1H3,(H,12,14). The van der Waals surface area contributed by atoms with Gasteiger partial charge in [0.25, 0.3) is 11.8 Å². The van der Waals surface area contributed by atoms with Crippen molar-refractivity contribution in [2.45, 2.75) is 5.92 Å². The molecule has 90 valence electrons. The minimum absolute atomic E-state index is 0.283. The molecular formula is C9H11F2NO3S. The van der Waals surface area contributed by atoms with E-state index in [0.29, 0.717) is 5.75 Å². The summed E-state index contributed by atoms with van der Waals surface area (Å²) >= 11 is 1.10. The summed E-state index contributed by atoms with van der Waals surface area (Å²) in [5.41, 5.74) is 0. The van der Waals surface area contributed by atoms with E-state index >= 15 is 0 Å². The Bertz CT molecular complexity index is 367. The molecule has 0 radical (unpaired) electrons. The Morgan fingerprint density at radius 2 is 2.38 bits per heavy atom. The van der Waals surface area contributed by atoms with Crippen LogP contribution in [0.3, 0.4) is 0 Å². The zero-order valence-electron chi connectivity index (χ0n) is 8.50. The summed E-state index contributed by atoms with van der Waals surface area (Å²) in [4.78, 5) is 11.6. The third kappa shape index (κ3) is 3.42. The van der Waals surface area contributed by atoms with E-state index in [0.717, 1.165) is 11.3 Å². The number of alkyl halides is 2. The zero-order chi connectivity index (χ0) is 12.2. The van der Waals surface area contributed by atoms with E-state index in [1.165, 1.54) is 13.2 Å². The van der Waals surface area contributed by atoms with Gasteiger partial charge < -0.3 is 15.2 Å². The van der Waals surface area contributed by atoms with Crippen molar-refractivity contribution in [2.24, 2.45) is 0 Å². The second-order valence-corrected chi connectivity index (χ2v) is 3.96. The van der Waals surface area contributed by atoms with Crippen LogP contribution in [0.5, 0.6) is 5.75 Å². The molecule has 0 unspecified atom stereocenters. The van der Waals surface area contributed by atoms with Gasteiger partial charge in [0.05, 0.1) is 18.5 Å². The van der Waals surface area contributed by atoms with Crippen LogP contribution in [0.15, 0.2) is 11.4 Å². The molecule has 1 aromatic rings. The Morgan fingerprint density at radius 3 is 2.88 bits per heavy atom. The molecule has 0 aliphatic carbocycles. The second kappa shape index (κ2) is 5.22. The number of aliphatic hydroxyl groups is 1. The molecule has 1 heterocycles. The molecule has 0 aliphatic heterocycles. The van der Waals surface area contributed by atoms with Gasteiger partial charge >= 0.3 is 0 Å². The molecular weight excluding hydrogens is 240 g/mol. The third-order valence-electron chi connectivity index (χ3n) is 1.77. The minimum atomic E-state index is -3.29. The molecule has 16 heavy (non-hydrogen) atoms. The lowest BCUT2D eigenvalue weighted by molar-refractivity contribution is -0.0461. The van der Waals surface area contributed by atoms with Crippen LogP contribution < -0.4 is 10.1 Å². The van der Waals surface area contributed by atoms with E-state index in [9.17, 15) is 13.6 Å². The highest BCUT2D eigenvalue weighted by Crippen LogP contribution is 2.21. The Hall–Kier alpha value is -1.21. The number of hydrogen-bond acceptors (Lipinski definition) is 4. The van der Waals surface area contributed by atoms with Gasteiger partial charge in [0, 0.05) is 11.4 Å². The summed E-state index contributed by atoms with van der Waals surface area (Å²) in [5, 5.41) is 11.9. The maximum Gasteiger partial charge on any atom is 0.287 e. The lowest BCUT2D eigenvalue weighted by atomic mass is 10.3. The summed E-state index contributed by atoms with van der Waals surface area (Å²) in [5.74, 6) is -3.40. The fourth-order valence-electron chi connectivity index (χ4n) is 0.898. The number of carbonyl (C=O) groups excluding carboxylic acids is 1. The lowest BCUT2D eigenvalue weighted by Gasteiger charge is -2.13. The zero-order valence-corrected chi connectivity index (χ0v) is 9.31. The SMILES string of the molecule is COc1csc(C(=O)NCC(F)(F)CO)c1. The first kappa shape index (κ1) is 12.9. The van der Waals surface area contributed by atoms with E-state index in [1.807, 2.05) is 5.32 Å². The molecule has 0 saturated carbocycles. The second-order valence-electron chi connectivity index (χ2n) is 3.05. The van der Waals surface area contributed by atoms with Crippen molar-refractivity contribution in [1.29, 1.82) is 0 Å². The summed E-state index contributed by atoms with van der Waals surface area (Å²) in [6, 6.07) is 1.46. The molecule has 0 atom stereocenters. The van der Waals surface area contributed by atoms with Crippen molar-refractivity contribution in [3.8, 4) is 5.75 Å². The Kier molecular flexibility index (Phi) is 4.19. The van der Waals surface area contributed by atoms with Gasteiger partial charge in [-0.15, -0.1) is 11.3 Å². The predicted octanol–water partition coefficient (Wildman–Crippen LogP) is 1.11. The molecule has 1 aromatic heterocycles. The molecule has 1 amide bonds. The van der Waals surface area contributed by atoms with Crippen LogP contribution in [0.4, 0.5) is 8.78 Å². The molecule has 0 aliphatic rings. The molecule has 0 aromatic carbocycles. The van der Waals surface area contributed by atoms with Gasteiger partial charge in [-0.25, -0.2) is 8.78 Å². The van der Waals surface area contributed by atoms with Crippen molar-refractivity contribution in [3.63, 3.8) is 0 Å². The predicted molar refractivity (Wildman–Crippen MR) is 55.2 cm³/mol. The van der Waals surface area contributed by atoms with Crippen LogP contribution in [0.1, 0.15) is 9.67 Å². The smallest absolute Gasteiger partial charge is 0.287 e. The van der Waals surface area contributed by atoms with E-state index in [-0.39, 0.29) is 4.88 Å². The van der Waals surface area contributed by atoms with Gasteiger partial charge in [-0.3, -0.25) is 4.79 Å². The van der Waals surface area contributed by atoms with Gasteiger partial charge in [0.1, 0.15) is 12.4 Å². The van der Waals surface area contributed by atoms with Crippen LogP contribution in [0.25, 0.3) is 0 Å². The summed E-state index contributed by atoms with van der Waals surface area (Å²) < 4.78 is 30.1.